The molecule has 0 spiro atoms. The molecule has 27 heavy (non-hydrogen) atoms. The molecule has 0 saturated carbocycles. The van der Waals surface area contributed by atoms with E-state index < -0.39 is 0 Å². The Hall–Kier alpha value is -1.88. The number of halogens is 1. The molecule has 0 unspecified atom stereocenters. The molecule has 1 N–H and O–H groups in total. The molecule has 0 radical (unpaired) electrons. The third kappa shape index (κ3) is 6.06. The fraction of sp³-hybridized carbons (Fsp3) is 0.409. The van der Waals surface area contributed by atoms with Gasteiger partial charge in [0.1, 0.15) is 6.10 Å². The number of benzene rings is 2. The lowest BCUT2D eigenvalue weighted by atomic mass is 10.0. The minimum atomic E-state index is -0.322. The second kappa shape index (κ2) is 9.88. The molecule has 1 heterocycles. The Morgan fingerprint density at radius 3 is 2.63 bits per heavy atom. The number of nitrogens with zero attached hydrogens (tertiary/aromatic N) is 2. The molecule has 0 aliphatic carbocycles. The average molecular weight is 387 g/mol. The number of hydrogen-bond acceptors (Lipinski definition) is 4. The summed E-state index contributed by atoms with van der Waals surface area (Å²) in [5, 5.41) is 15.3. The Morgan fingerprint density at radius 1 is 1.19 bits per heavy atom. The van der Waals surface area contributed by atoms with E-state index in [-0.39, 0.29) is 12.2 Å². The fourth-order valence-corrected chi connectivity index (χ4v) is 3.52. The lowest BCUT2D eigenvalue weighted by Crippen LogP contribution is -2.37. The highest BCUT2D eigenvalue weighted by molar-refractivity contribution is 6.30. The van der Waals surface area contributed by atoms with Crippen LogP contribution in [0, 0.1) is 0 Å². The summed E-state index contributed by atoms with van der Waals surface area (Å²) in [5.41, 5.74) is 3.23. The van der Waals surface area contributed by atoms with Crippen molar-refractivity contribution in [3.8, 4) is 0 Å². The van der Waals surface area contributed by atoms with Gasteiger partial charge in [0, 0.05) is 31.1 Å². The minimum absolute atomic E-state index is 0.00628. The van der Waals surface area contributed by atoms with Crippen molar-refractivity contribution in [3.63, 3.8) is 0 Å². The number of hydrogen-bond donors (Lipinski definition) is 1. The molecule has 3 rings (SSSR count). The predicted octanol–water partition coefficient (Wildman–Crippen LogP) is 4.50. The van der Waals surface area contributed by atoms with E-state index in [1.54, 1.807) is 0 Å². The van der Waals surface area contributed by atoms with Crippen LogP contribution in [0.1, 0.15) is 37.3 Å². The Kier molecular flexibility index (Phi) is 7.27. The number of rotatable bonds is 9. The summed E-state index contributed by atoms with van der Waals surface area (Å²) in [7, 11) is 0. The van der Waals surface area contributed by atoms with E-state index in [2.05, 4.69) is 29.1 Å². The first kappa shape index (κ1) is 19.9. The summed E-state index contributed by atoms with van der Waals surface area (Å²) in [5.74, 6) is 0. The van der Waals surface area contributed by atoms with Gasteiger partial charge >= 0.3 is 0 Å². The molecule has 5 heteroatoms. The van der Waals surface area contributed by atoms with Crippen LogP contribution in [-0.4, -0.2) is 41.0 Å². The lowest BCUT2D eigenvalue weighted by molar-refractivity contribution is 0.0305. The van der Waals surface area contributed by atoms with E-state index in [9.17, 15) is 5.11 Å². The molecule has 144 valence electrons. The summed E-state index contributed by atoms with van der Waals surface area (Å²) in [6, 6.07) is 18.0. The smallest absolute Gasteiger partial charge is 0.145 e. The van der Waals surface area contributed by atoms with E-state index >= 15 is 0 Å². The highest BCUT2D eigenvalue weighted by atomic mass is 35.5. The van der Waals surface area contributed by atoms with E-state index in [1.807, 2.05) is 42.5 Å². The van der Waals surface area contributed by atoms with Crippen molar-refractivity contribution in [3.05, 3.63) is 70.7 Å². The third-order valence-corrected chi connectivity index (χ3v) is 4.96. The molecule has 2 atom stereocenters. The van der Waals surface area contributed by atoms with Gasteiger partial charge in [0.05, 0.1) is 11.8 Å². The Labute approximate surface area is 166 Å². The van der Waals surface area contributed by atoms with Crippen molar-refractivity contribution in [2.24, 2.45) is 5.16 Å². The molecule has 2 aromatic carbocycles. The van der Waals surface area contributed by atoms with Crippen LogP contribution in [0.15, 0.2) is 59.8 Å². The fourth-order valence-electron chi connectivity index (χ4n) is 3.39. The van der Waals surface area contributed by atoms with Gasteiger partial charge < -0.3 is 9.94 Å². The van der Waals surface area contributed by atoms with E-state index in [4.69, 9.17) is 16.4 Å². The zero-order valence-corrected chi connectivity index (χ0v) is 16.5. The highest BCUT2D eigenvalue weighted by Gasteiger charge is 2.25. The molecule has 0 saturated heterocycles. The molecular formula is C22H27ClN2O2. The molecule has 0 aromatic heterocycles. The van der Waals surface area contributed by atoms with Crippen molar-refractivity contribution in [1.82, 2.24) is 4.90 Å². The van der Waals surface area contributed by atoms with Gasteiger partial charge in [0.25, 0.3) is 0 Å². The Balaban J connectivity index is 1.61. The van der Waals surface area contributed by atoms with Crippen LogP contribution in [0.3, 0.4) is 0 Å². The zero-order valence-electron chi connectivity index (χ0n) is 15.7. The molecule has 1 aliphatic rings. The van der Waals surface area contributed by atoms with Gasteiger partial charge in [0.15, 0.2) is 0 Å². The highest BCUT2D eigenvalue weighted by Crippen LogP contribution is 2.20. The van der Waals surface area contributed by atoms with Gasteiger partial charge in [-0.1, -0.05) is 72.6 Å². The van der Waals surface area contributed by atoms with Crippen LogP contribution >= 0.6 is 11.6 Å². The molecule has 0 bridgehead atoms. The summed E-state index contributed by atoms with van der Waals surface area (Å²) >= 11 is 5.97. The van der Waals surface area contributed by atoms with Gasteiger partial charge in [-0.25, -0.2) is 0 Å². The second-order valence-corrected chi connectivity index (χ2v) is 7.54. The van der Waals surface area contributed by atoms with Crippen LogP contribution in [0.25, 0.3) is 0 Å². The summed E-state index contributed by atoms with van der Waals surface area (Å²) < 4.78 is 0. The van der Waals surface area contributed by atoms with Crippen LogP contribution in [-0.2, 0) is 11.4 Å². The molecule has 0 amide bonds. The minimum Gasteiger partial charge on any atom is -0.392 e. The summed E-state index contributed by atoms with van der Waals surface area (Å²) in [6.45, 7) is 4.25. The van der Waals surface area contributed by atoms with Crippen LogP contribution < -0.4 is 0 Å². The standard InChI is InChI=1S/C22H27ClN2O2/c1-2-6-20(26)15-25(14-17-7-4-3-5-8-17)16-21-13-22(24-27-21)18-9-11-19(23)12-10-18/h3-5,7-12,20-21,26H,2,6,13-16H2,1H3/t20-,21+/m0/s1. The first-order valence-corrected chi connectivity index (χ1v) is 9.94. The first-order valence-electron chi connectivity index (χ1n) is 9.57. The molecule has 0 fully saturated rings. The number of aliphatic hydroxyl groups excluding tert-OH is 1. The zero-order chi connectivity index (χ0) is 19.1. The van der Waals surface area contributed by atoms with Crippen molar-refractivity contribution in [2.45, 2.75) is 44.9 Å². The SMILES string of the molecule is CCC[C@H](O)CN(Cc1ccccc1)C[C@H]1CC(c2ccc(Cl)cc2)=NO1. The van der Waals surface area contributed by atoms with E-state index in [0.29, 0.717) is 11.6 Å². The Bertz CT molecular complexity index is 734. The quantitative estimate of drug-likeness (QED) is 0.690. The van der Waals surface area contributed by atoms with Gasteiger partial charge in [-0.2, -0.15) is 0 Å². The van der Waals surface area contributed by atoms with Gasteiger partial charge in [-0.05, 0) is 29.7 Å². The van der Waals surface area contributed by atoms with Gasteiger partial charge in [-0.3, -0.25) is 4.90 Å². The van der Waals surface area contributed by atoms with Crippen LogP contribution in [0.2, 0.25) is 5.02 Å². The third-order valence-electron chi connectivity index (χ3n) is 4.71. The molecule has 2 aromatic rings. The van der Waals surface area contributed by atoms with Crippen molar-refractivity contribution in [2.75, 3.05) is 13.1 Å². The van der Waals surface area contributed by atoms with E-state index in [0.717, 1.165) is 43.6 Å². The van der Waals surface area contributed by atoms with E-state index in [1.165, 1.54) is 5.56 Å². The molecular weight excluding hydrogens is 360 g/mol. The van der Waals surface area contributed by atoms with Crippen LogP contribution in [0.4, 0.5) is 0 Å². The predicted molar refractivity (Wildman–Crippen MR) is 110 cm³/mol. The van der Waals surface area contributed by atoms with Crippen molar-refractivity contribution in [1.29, 1.82) is 0 Å². The monoisotopic (exact) mass is 386 g/mol. The maximum atomic E-state index is 10.3. The molecule has 1 aliphatic heterocycles. The van der Waals surface area contributed by atoms with Crippen LogP contribution in [0.5, 0.6) is 0 Å². The Morgan fingerprint density at radius 2 is 1.93 bits per heavy atom. The number of oxime groups is 1. The topological polar surface area (TPSA) is 45.1 Å². The lowest BCUT2D eigenvalue weighted by Gasteiger charge is -2.27. The largest absolute Gasteiger partial charge is 0.392 e. The average Bonchev–Trinajstić information content (AvgIpc) is 3.11. The first-order chi connectivity index (χ1) is 13.1. The molecule has 4 nitrogen and oxygen atoms in total. The van der Waals surface area contributed by atoms with Crippen molar-refractivity contribution < 1.29 is 9.94 Å². The maximum absolute atomic E-state index is 10.3. The van der Waals surface area contributed by atoms with Gasteiger partial charge in [0.2, 0.25) is 0 Å². The second-order valence-electron chi connectivity index (χ2n) is 7.10. The van der Waals surface area contributed by atoms with Gasteiger partial charge in [-0.15, -0.1) is 0 Å². The maximum Gasteiger partial charge on any atom is 0.145 e. The normalized spacial score (nSPS) is 17.6. The van der Waals surface area contributed by atoms with Crippen molar-refractivity contribution >= 4 is 17.3 Å². The number of aliphatic hydroxyl groups is 1. The summed E-state index contributed by atoms with van der Waals surface area (Å²) in [6.07, 6.45) is 2.22. The summed E-state index contributed by atoms with van der Waals surface area (Å²) in [4.78, 5) is 7.96.